The van der Waals surface area contributed by atoms with E-state index in [1.165, 1.54) is 0 Å². The summed E-state index contributed by atoms with van der Waals surface area (Å²) < 4.78 is 28.0. The van der Waals surface area contributed by atoms with E-state index in [4.69, 9.17) is 23.2 Å². The number of halogens is 5. The molecule has 6 heteroatoms. The van der Waals surface area contributed by atoms with Crippen LogP contribution in [0.5, 0.6) is 0 Å². The predicted molar refractivity (Wildman–Crippen MR) is 48.9 cm³/mol. The third kappa shape index (κ3) is 1.65. The van der Waals surface area contributed by atoms with Crippen LogP contribution in [-0.4, -0.2) is 0 Å². The van der Waals surface area contributed by atoms with Gasteiger partial charge in [0.2, 0.25) is 0 Å². The van der Waals surface area contributed by atoms with Crippen molar-refractivity contribution in [2.24, 2.45) is 0 Å². The second kappa shape index (κ2) is 3.77. The Morgan fingerprint density at radius 1 is 1.33 bits per heavy atom. The third-order valence-corrected chi connectivity index (χ3v) is 2.24. The molecule has 0 atom stereocenters. The van der Waals surface area contributed by atoms with Crippen molar-refractivity contribution in [2.45, 2.75) is 0 Å². The normalized spacial score (nSPS) is 10.1. The van der Waals surface area contributed by atoms with Crippen molar-refractivity contribution in [3.63, 3.8) is 0 Å². The zero-order chi connectivity index (χ0) is 9.30. The fraction of sp³-hybridized carbons (Fsp3) is 0. The monoisotopic (exact) mass is 275 g/mol. The summed E-state index contributed by atoms with van der Waals surface area (Å²) >= 11 is 13.5. The fourth-order valence-corrected chi connectivity index (χ4v) is 1.63. The van der Waals surface area contributed by atoms with Gasteiger partial charge in [0.25, 0.3) is 0 Å². The van der Waals surface area contributed by atoms with E-state index in [2.05, 4.69) is 20.5 Å². The number of hydrogen-bond acceptors (Lipinski definition) is 1. The highest BCUT2D eigenvalue weighted by Crippen LogP contribution is 2.33. The molecule has 0 saturated heterocycles. The minimum Gasteiger partial charge on any atom is -0.318 e. The summed E-state index contributed by atoms with van der Waals surface area (Å²) in [6.45, 7) is 0. The van der Waals surface area contributed by atoms with E-state index in [0.717, 1.165) is 6.07 Å². The van der Waals surface area contributed by atoms with Crippen molar-refractivity contribution in [3.8, 4) is 0 Å². The number of hydrogen-bond donors (Lipinski definition) is 1. The average Bonchev–Trinajstić information content (AvgIpc) is 2.01. The van der Waals surface area contributed by atoms with Gasteiger partial charge >= 0.3 is 0 Å². The summed E-state index contributed by atoms with van der Waals surface area (Å²) in [7, 11) is 0. The van der Waals surface area contributed by atoms with Crippen LogP contribution >= 0.6 is 39.3 Å². The maximum Gasteiger partial charge on any atom is 0.162 e. The molecule has 12 heavy (non-hydrogen) atoms. The van der Waals surface area contributed by atoms with Crippen LogP contribution in [0.25, 0.3) is 0 Å². The summed E-state index contributed by atoms with van der Waals surface area (Å²) in [5.41, 5.74) is -0.168. The summed E-state index contributed by atoms with van der Waals surface area (Å²) in [4.78, 5) is 0. The minimum atomic E-state index is -0.846. The number of nitrogens with one attached hydrogen (secondary N) is 1. The number of rotatable bonds is 1. The lowest BCUT2D eigenvalue weighted by Gasteiger charge is -2.05. The van der Waals surface area contributed by atoms with Gasteiger partial charge in [0.05, 0.1) is 5.02 Å². The molecule has 0 aliphatic carbocycles. The molecule has 1 aromatic rings. The molecule has 1 aromatic carbocycles. The van der Waals surface area contributed by atoms with Crippen molar-refractivity contribution < 1.29 is 8.78 Å². The van der Waals surface area contributed by atoms with Crippen LogP contribution in [-0.2, 0) is 0 Å². The van der Waals surface area contributed by atoms with E-state index in [1.807, 2.05) is 0 Å². The van der Waals surface area contributed by atoms with Gasteiger partial charge in [-0.05, 0) is 6.07 Å². The third-order valence-electron chi connectivity index (χ3n) is 1.21. The lowest BCUT2D eigenvalue weighted by atomic mass is 10.3. The lowest BCUT2D eigenvalue weighted by molar-refractivity contribution is 0.605. The summed E-state index contributed by atoms with van der Waals surface area (Å²) in [6.07, 6.45) is 0. The van der Waals surface area contributed by atoms with Crippen LogP contribution in [0.2, 0.25) is 10.0 Å². The molecular weight excluding hydrogens is 275 g/mol. The van der Waals surface area contributed by atoms with E-state index in [-0.39, 0.29) is 15.7 Å². The van der Waals surface area contributed by atoms with E-state index >= 15 is 0 Å². The van der Waals surface area contributed by atoms with E-state index in [9.17, 15) is 8.78 Å². The fourth-order valence-electron chi connectivity index (χ4n) is 0.653. The first-order valence-corrected chi connectivity index (χ1v) is 4.32. The quantitative estimate of drug-likeness (QED) is 0.465. The van der Waals surface area contributed by atoms with Crippen LogP contribution in [0, 0.1) is 11.6 Å². The van der Waals surface area contributed by atoms with Gasteiger partial charge in [-0.2, -0.15) is 0 Å². The van der Waals surface area contributed by atoms with Crippen LogP contribution in [0.15, 0.2) is 6.07 Å². The van der Waals surface area contributed by atoms with Crippen LogP contribution in [0.1, 0.15) is 0 Å². The summed E-state index contributed by atoms with van der Waals surface area (Å²) in [5.74, 6) is -1.56. The number of benzene rings is 1. The summed E-state index contributed by atoms with van der Waals surface area (Å²) in [6, 6.07) is 0.840. The van der Waals surface area contributed by atoms with Gasteiger partial charge in [-0.1, -0.05) is 23.2 Å². The Labute approximate surface area is 86.0 Å². The Morgan fingerprint density at radius 2 is 1.92 bits per heavy atom. The largest absolute Gasteiger partial charge is 0.318 e. The van der Waals surface area contributed by atoms with Gasteiger partial charge in [0.15, 0.2) is 5.82 Å². The maximum absolute atomic E-state index is 12.9. The van der Waals surface area contributed by atoms with Gasteiger partial charge in [0, 0.05) is 16.1 Å². The van der Waals surface area contributed by atoms with Crippen LogP contribution in [0.4, 0.5) is 14.5 Å². The molecule has 0 aliphatic rings. The molecule has 0 aliphatic heterocycles. The van der Waals surface area contributed by atoms with Crippen molar-refractivity contribution in [3.05, 3.63) is 27.7 Å². The van der Waals surface area contributed by atoms with E-state index in [1.54, 1.807) is 0 Å². The topological polar surface area (TPSA) is 12.0 Å². The molecule has 0 aromatic heterocycles. The minimum absolute atomic E-state index is 0.168. The molecule has 0 fully saturated rings. The second-order valence-electron chi connectivity index (χ2n) is 1.94. The first-order valence-electron chi connectivity index (χ1n) is 2.77. The van der Waals surface area contributed by atoms with Gasteiger partial charge in [-0.3, -0.25) is 0 Å². The molecule has 0 bridgehead atoms. The van der Waals surface area contributed by atoms with E-state index in [0.29, 0.717) is 0 Å². The van der Waals surface area contributed by atoms with E-state index < -0.39 is 11.6 Å². The van der Waals surface area contributed by atoms with Gasteiger partial charge in [0.1, 0.15) is 16.5 Å². The van der Waals surface area contributed by atoms with Gasteiger partial charge < -0.3 is 4.34 Å². The molecule has 0 heterocycles. The molecular formula is C6H2BrCl2F2N. The molecule has 0 radical (unpaired) electrons. The molecule has 1 nitrogen and oxygen atoms in total. The van der Waals surface area contributed by atoms with Crippen molar-refractivity contribution in [1.82, 2.24) is 0 Å². The first kappa shape index (κ1) is 10.0. The Bertz CT molecular complexity index is 319. The molecule has 1 N–H and O–H groups in total. The Balaban J connectivity index is 3.40. The van der Waals surface area contributed by atoms with Crippen LogP contribution < -0.4 is 4.34 Å². The Kier molecular flexibility index (Phi) is 3.15. The van der Waals surface area contributed by atoms with Crippen molar-refractivity contribution in [2.75, 3.05) is 4.34 Å². The predicted octanol–water partition coefficient (Wildman–Crippen LogP) is 3.99. The molecule has 0 spiro atoms. The maximum atomic E-state index is 12.9. The molecule has 66 valence electrons. The number of anilines is 1. The van der Waals surface area contributed by atoms with Gasteiger partial charge in [-0.25, -0.2) is 8.78 Å². The van der Waals surface area contributed by atoms with Crippen LogP contribution in [0.3, 0.4) is 0 Å². The smallest absolute Gasteiger partial charge is 0.162 e. The standard InChI is InChI=1S/C6H2BrCl2F2N/c7-12-6-3(10)1-2(8)5(11)4(6)9/h1,12H. The highest BCUT2D eigenvalue weighted by atomic mass is 79.9. The molecule has 1 rings (SSSR count). The SMILES string of the molecule is Fc1cc(Cl)c(F)c(Cl)c1NBr. The second-order valence-corrected chi connectivity index (χ2v) is 3.12. The summed E-state index contributed by atoms with van der Waals surface area (Å²) in [5, 5.41) is -0.721. The average molecular weight is 277 g/mol. The molecule has 0 unspecified atom stereocenters. The lowest BCUT2D eigenvalue weighted by Crippen LogP contribution is -1.91. The first-order chi connectivity index (χ1) is 5.57. The zero-order valence-corrected chi connectivity index (χ0v) is 8.57. The van der Waals surface area contributed by atoms with Crippen molar-refractivity contribution >= 4 is 45.0 Å². The molecule has 0 amide bonds. The van der Waals surface area contributed by atoms with Gasteiger partial charge in [-0.15, -0.1) is 0 Å². The van der Waals surface area contributed by atoms with Crippen molar-refractivity contribution in [1.29, 1.82) is 0 Å². The highest BCUT2D eigenvalue weighted by molar-refractivity contribution is 9.10. The molecule has 0 saturated carbocycles. The Hall–Kier alpha value is -0.0600. The Morgan fingerprint density at radius 3 is 2.42 bits per heavy atom. The zero-order valence-electron chi connectivity index (χ0n) is 5.47. The highest BCUT2D eigenvalue weighted by Gasteiger charge is 2.14.